The van der Waals surface area contributed by atoms with Crippen LogP contribution in [0, 0.1) is 0 Å². The lowest BCUT2D eigenvalue weighted by atomic mass is 10.1. The molecule has 0 saturated carbocycles. The van der Waals surface area contributed by atoms with Crippen LogP contribution in [0.25, 0.3) is 0 Å². The van der Waals surface area contributed by atoms with Crippen molar-refractivity contribution in [3.05, 3.63) is 82.3 Å². The molecule has 0 spiro atoms. The molecule has 7 heteroatoms. The van der Waals surface area contributed by atoms with Crippen molar-refractivity contribution in [1.82, 2.24) is 4.90 Å². The van der Waals surface area contributed by atoms with Crippen molar-refractivity contribution in [3.63, 3.8) is 0 Å². The highest BCUT2D eigenvalue weighted by Crippen LogP contribution is 2.32. The fourth-order valence-electron chi connectivity index (χ4n) is 3.17. The molecule has 0 fully saturated rings. The van der Waals surface area contributed by atoms with Gasteiger partial charge < -0.3 is 24.4 Å². The third kappa shape index (κ3) is 6.12. The van der Waals surface area contributed by atoms with Gasteiger partial charge in [0.1, 0.15) is 5.75 Å². The van der Waals surface area contributed by atoms with Gasteiger partial charge in [-0.05, 0) is 60.2 Å². The Morgan fingerprint density at radius 3 is 2.19 bits per heavy atom. The van der Waals surface area contributed by atoms with Gasteiger partial charge in [0.15, 0.2) is 16.6 Å². The van der Waals surface area contributed by atoms with Gasteiger partial charge in [-0.1, -0.05) is 40.2 Å². The van der Waals surface area contributed by atoms with Crippen molar-refractivity contribution in [3.8, 4) is 17.2 Å². The monoisotopic (exact) mass is 500 g/mol. The second-order valence-corrected chi connectivity index (χ2v) is 8.10. The zero-order valence-electron chi connectivity index (χ0n) is 17.7. The molecule has 162 valence electrons. The van der Waals surface area contributed by atoms with Crippen molar-refractivity contribution in [2.45, 2.75) is 13.1 Å². The van der Waals surface area contributed by atoms with E-state index in [-0.39, 0.29) is 0 Å². The van der Waals surface area contributed by atoms with Crippen LogP contribution < -0.4 is 19.5 Å². The SMILES string of the molecule is COc1ccc(CN(Cc2cccc(OC)c2OC)C(=S)Nc2ccc(Br)cc2)cc1. The Bertz CT molecular complexity index is 1010. The summed E-state index contributed by atoms with van der Waals surface area (Å²) < 4.78 is 17.4. The number of methoxy groups -OCH3 is 3. The number of nitrogens with one attached hydrogen (secondary N) is 1. The van der Waals surface area contributed by atoms with E-state index in [0.717, 1.165) is 27.0 Å². The minimum atomic E-state index is 0.550. The van der Waals surface area contributed by atoms with Gasteiger partial charge in [-0.3, -0.25) is 0 Å². The molecule has 0 aliphatic carbocycles. The molecule has 0 atom stereocenters. The summed E-state index contributed by atoms with van der Waals surface area (Å²) in [6, 6.07) is 21.7. The number of nitrogens with zero attached hydrogens (tertiary/aromatic N) is 1. The molecule has 0 amide bonds. The Morgan fingerprint density at radius 1 is 0.871 bits per heavy atom. The smallest absolute Gasteiger partial charge is 0.174 e. The summed E-state index contributed by atoms with van der Waals surface area (Å²) in [7, 11) is 4.94. The molecular formula is C24H25BrN2O3S. The molecule has 3 aromatic rings. The number of hydrogen-bond donors (Lipinski definition) is 1. The molecule has 0 aromatic heterocycles. The van der Waals surface area contributed by atoms with Crippen molar-refractivity contribution in [1.29, 1.82) is 0 Å². The third-order valence-corrected chi connectivity index (χ3v) is 5.65. The zero-order valence-corrected chi connectivity index (χ0v) is 20.1. The molecule has 0 radical (unpaired) electrons. The predicted molar refractivity (Wildman–Crippen MR) is 132 cm³/mol. The average molecular weight is 501 g/mol. The number of ether oxygens (including phenoxy) is 3. The molecule has 0 heterocycles. The summed E-state index contributed by atoms with van der Waals surface area (Å²) in [5, 5.41) is 3.95. The summed E-state index contributed by atoms with van der Waals surface area (Å²) in [6.07, 6.45) is 0. The van der Waals surface area contributed by atoms with Gasteiger partial charge in [0.2, 0.25) is 0 Å². The van der Waals surface area contributed by atoms with Crippen LogP contribution in [0.5, 0.6) is 17.2 Å². The minimum absolute atomic E-state index is 0.550. The Morgan fingerprint density at radius 2 is 1.58 bits per heavy atom. The Labute approximate surface area is 197 Å². The molecule has 0 aliphatic heterocycles. The van der Waals surface area contributed by atoms with Crippen LogP contribution in [0.3, 0.4) is 0 Å². The summed E-state index contributed by atoms with van der Waals surface area (Å²) in [4.78, 5) is 2.09. The van der Waals surface area contributed by atoms with Crippen molar-refractivity contribution in [2.24, 2.45) is 0 Å². The maximum Gasteiger partial charge on any atom is 0.174 e. The van der Waals surface area contributed by atoms with E-state index in [1.165, 1.54) is 0 Å². The first-order chi connectivity index (χ1) is 15.0. The maximum atomic E-state index is 5.78. The molecule has 3 aromatic carbocycles. The Hall–Kier alpha value is -2.77. The highest BCUT2D eigenvalue weighted by atomic mass is 79.9. The highest BCUT2D eigenvalue weighted by molar-refractivity contribution is 9.10. The van der Waals surface area contributed by atoms with E-state index in [1.54, 1.807) is 21.3 Å². The molecule has 5 nitrogen and oxygen atoms in total. The van der Waals surface area contributed by atoms with Crippen LogP contribution in [0.2, 0.25) is 0 Å². The van der Waals surface area contributed by atoms with Crippen LogP contribution in [0.1, 0.15) is 11.1 Å². The van der Waals surface area contributed by atoms with E-state index in [9.17, 15) is 0 Å². The molecular weight excluding hydrogens is 476 g/mol. The number of benzene rings is 3. The fourth-order valence-corrected chi connectivity index (χ4v) is 3.68. The first-order valence-electron chi connectivity index (χ1n) is 9.68. The van der Waals surface area contributed by atoms with E-state index in [1.807, 2.05) is 66.7 Å². The molecule has 3 rings (SSSR count). The predicted octanol–water partition coefficient (Wildman–Crippen LogP) is 5.87. The van der Waals surface area contributed by atoms with Gasteiger partial charge in [0.25, 0.3) is 0 Å². The van der Waals surface area contributed by atoms with Gasteiger partial charge >= 0.3 is 0 Å². The number of para-hydroxylation sites is 1. The topological polar surface area (TPSA) is 43.0 Å². The molecule has 0 aliphatic rings. The maximum absolute atomic E-state index is 5.78. The number of hydrogen-bond acceptors (Lipinski definition) is 4. The van der Waals surface area contributed by atoms with Gasteiger partial charge in [0, 0.05) is 28.8 Å². The lowest BCUT2D eigenvalue weighted by Gasteiger charge is -2.27. The molecule has 31 heavy (non-hydrogen) atoms. The van der Waals surface area contributed by atoms with Crippen molar-refractivity contribution >= 4 is 38.9 Å². The molecule has 1 N–H and O–H groups in total. The van der Waals surface area contributed by atoms with Crippen LogP contribution in [0.4, 0.5) is 5.69 Å². The Balaban J connectivity index is 1.87. The van der Waals surface area contributed by atoms with E-state index in [2.05, 4.69) is 26.1 Å². The molecule has 0 saturated heterocycles. The second kappa shape index (κ2) is 11.0. The van der Waals surface area contributed by atoms with Gasteiger partial charge in [0.05, 0.1) is 21.3 Å². The first kappa shape index (κ1) is 22.9. The lowest BCUT2D eigenvalue weighted by molar-refractivity contribution is 0.341. The number of thiocarbonyl (C=S) groups is 1. The van der Waals surface area contributed by atoms with Crippen LogP contribution in [-0.4, -0.2) is 31.3 Å². The van der Waals surface area contributed by atoms with Crippen LogP contribution >= 0.6 is 28.1 Å². The average Bonchev–Trinajstić information content (AvgIpc) is 2.80. The van der Waals surface area contributed by atoms with Crippen LogP contribution in [-0.2, 0) is 13.1 Å². The summed E-state index contributed by atoms with van der Waals surface area (Å²) in [5.41, 5.74) is 3.02. The normalized spacial score (nSPS) is 10.3. The van der Waals surface area contributed by atoms with Crippen molar-refractivity contribution in [2.75, 3.05) is 26.6 Å². The highest BCUT2D eigenvalue weighted by Gasteiger charge is 2.17. The molecule has 0 unspecified atom stereocenters. The number of halogens is 1. The largest absolute Gasteiger partial charge is 0.497 e. The Kier molecular flexibility index (Phi) is 8.14. The van der Waals surface area contributed by atoms with Gasteiger partial charge in [-0.2, -0.15) is 0 Å². The van der Waals surface area contributed by atoms with Crippen LogP contribution in [0.15, 0.2) is 71.2 Å². The van der Waals surface area contributed by atoms with Gasteiger partial charge in [-0.25, -0.2) is 0 Å². The number of rotatable bonds is 8. The fraction of sp³-hybridized carbons (Fsp3) is 0.208. The first-order valence-corrected chi connectivity index (χ1v) is 10.9. The zero-order chi connectivity index (χ0) is 22.2. The summed E-state index contributed by atoms with van der Waals surface area (Å²) in [6.45, 7) is 1.17. The summed E-state index contributed by atoms with van der Waals surface area (Å²) >= 11 is 9.25. The van der Waals surface area contributed by atoms with E-state index in [0.29, 0.717) is 29.7 Å². The van der Waals surface area contributed by atoms with Crippen molar-refractivity contribution < 1.29 is 14.2 Å². The third-order valence-electron chi connectivity index (χ3n) is 4.76. The quantitative estimate of drug-likeness (QED) is 0.390. The lowest BCUT2D eigenvalue weighted by Crippen LogP contribution is -2.34. The minimum Gasteiger partial charge on any atom is -0.497 e. The standard InChI is InChI=1S/C24H25BrN2O3S/c1-28-21-13-7-17(8-14-21)15-27(24(31)26-20-11-9-19(25)10-12-20)16-18-5-4-6-22(29-2)23(18)30-3/h4-14H,15-16H2,1-3H3,(H,26,31). The van der Waals surface area contributed by atoms with E-state index < -0.39 is 0 Å². The van der Waals surface area contributed by atoms with E-state index >= 15 is 0 Å². The second-order valence-electron chi connectivity index (χ2n) is 6.79. The number of anilines is 1. The molecule has 0 bridgehead atoms. The van der Waals surface area contributed by atoms with Gasteiger partial charge in [-0.15, -0.1) is 0 Å². The summed E-state index contributed by atoms with van der Waals surface area (Å²) in [5.74, 6) is 2.22. The van der Waals surface area contributed by atoms with E-state index in [4.69, 9.17) is 26.4 Å².